The van der Waals surface area contributed by atoms with Crippen LogP contribution in [0.2, 0.25) is 0 Å². The molecule has 2 saturated heterocycles. The zero-order valence-corrected chi connectivity index (χ0v) is 22.8. The van der Waals surface area contributed by atoms with E-state index in [0.717, 1.165) is 18.3 Å². The van der Waals surface area contributed by atoms with Crippen LogP contribution in [-0.4, -0.2) is 82.0 Å². The van der Waals surface area contributed by atoms with Gasteiger partial charge >= 0.3 is 0 Å². The second kappa shape index (κ2) is 12.5. The average Bonchev–Trinajstić information content (AvgIpc) is 2.97. The van der Waals surface area contributed by atoms with Crippen molar-refractivity contribution >= 4 is 11.7 Å². The van der Waals surface area contributed by atoms with Crippen molar-refractivity contribution in [3.8, 4) is 11.6 Å². The number of hydrogen-bond donors (Lipinski definition) is 2. The minimum absolute atomic E-state index is 0.0102. The first-order valence-electron chi connectivity index (χ1n) is 13.5. The summed E-state index contributed by atoms with van der Waals surface area (Å²) >= 11 is 0. The number of nitrogens with zero attached hydrogens (tertiary/aromatic N) is 4. The molecular weight excluding hydrogens is 560 g/mol. The molecule has 2 aliphatic rings. The summed E-state index contributed by atoms with van der Waals surface area (Å²) in [6, 6.07) is 3.56. The predicted molar refractivity (Wildman–Crippen MR) is 144 cm³/mol. The second-order valence-electron chi connectivity index (χ2n) is 10.3. The number of carbonyl (C=O) groups is 1. The molecule has 42 heavy (non-hydrogen) atoms. The number of aromatic nitrogens is 3. The van der Waals surface area contributed by atoms with E-state index in [-0.39, 0.29) is 36.1 Å². The number of rotatable bonds is 8. The minimum Gasteiger partial charge on any atom is -0.434 e. The van der Waals surface area contributed by atoms with Crippen LogP contribution in [-0.2, 0) is 16.1 Å². The molecule has 1 aromatic carbocycles. The Morgan fingerprint density at radius 3 is 2.69 bits per heavy atom. The van der Waals surface area contributed by atoms with E-state index in [0.29, 0.717) is 50.0 Å². The molecule has 0 saturated carbocycles. The Morgan fingerprint density at radius 1 is 1.19 bits per heavy atom. The summed E-state index contributed by atoms with van der Waals surface area (Å²) in [5, 5.41) is 2.60. The maximum absolute atomic E-state index is 15.2. The van der Waals surface area contributed by atoms with Gasteiger partial charge in [0.2, 0.25) is 11.8 Å². The largest absolute Gasteiger partial charge is 0.434 e. The monoisotopic (exact) mass is 590 g/mol. The Labute approximate surface area is 238 Å². The van der Waals surface area contributed by atoms with Gasteiger partial charge in [0, 0.05) is 57.0 Å². The average molecular weight is 591 g/mol. The summed E-state index contributed by atoms with van der Waals surface area (Å²) < 4.78 is 67.8. The fourth-order valence-electron chi connectivity index (χ4n) is 5.00. The first kappa shape index (κ1) is 29.6. The number of carbonyl (C=O) groups excluding carboxylic acids is 1. The predicted octanol–water partition coefficient (Wildman–Crippen LogP) is 3.52. The first-order chi connectivity index (χ1) is 20.1. The molecule has 0 bridgehead atoms. The van der Waals surface area contributed by atoms with Crippen molar-refractivity contribution in [3.63, 3.8) is 0 Å². The fourth-order valence-corrected chi connectivity index (χ4v) is 5.00. The molecule has 2 aliphatic heterocycles. The van der Waals surface area contributed by atoms with Gasteiger partial charge in [0.05, 0.1) is 37.6 Å². The number of ether oxygens (including phenoxy) is 2. The Balaban J connectivity index is 1.23. The van der Waals surface area contributed by atoms with E-state index >= 15 is 8.78 Å². The van der Waals surface area contributed by atoms with E-state index in [1.54, 1.807) is 11.8 Å². The van der Waals surface area contributed by atoms with Gasteiger partial charge in [-0.2, -0.15) is 0 Å². The van der Waals surface area contributed by atoms with Crippen LogP contribution in [0.25, 0.3) is 0 Å². The normalized spacial score (nSPS) is 20.2. The topological polar surface area (TPSA) is 113 Å². The standard InChI is InChI=1S/C28H30F4N6O4/c1-17(26(39)36-24-13-34-25(14-33-24)42-23-3-2-20(29)11-22(23)30)38-5-4-28(31,32)21(16-38)18-10-19(27(40)35-12-18)15-37-6-8-41-9-7-37/h2-3,10-14,17,21H,4-9,15-16H2,1H3,(H,35,40)(H,33,36,39)/t17-,21+/m0/s1. The summed E-state index contributed by atoms with van der Waals surface area (Å²) in [6.07, 6.45) is 3.23. The maximum atomic E-state index is 15.2. The number of anilines is 1. The van der Waals surface area contributed by atoms with Crippen molar-refractivity contribution in [1.29, 1.82) is 0 Å². The van der Waals surface area contributed by atoms with Crippen molar-refractivity contribution in [2.75, 3.05) is 44.7 Å². The number of hydrogen-bond acceptors (Lipinski definition) is 8. The molecule has 3 aromatic rings. The highest BCUT2D eigenvalue weighted by Crippen LogP contribution is 2.40. The van der Waals surface area contributed by atoms with Gasteiger partial charge in [0.25, 0.3) is 11.5 Å². The molecular formula is C28H30F4N6O4. The lowest BCUT2D eigenvalue weighted by molar-refractivity contribution is -0.125. The lowest BCUT2D eigenvalue weighted by Crippen LogP contribution is -2.52. The molecule has 14 heteroatoms. The van der Waals surface area contributed by atoms with Gasteiger partial charge in [-0.05, 0) is 30.7 Å². The third kappa shape index (κ3) is 6.94. The lowest BCUT2D eigenvalue weighted by atomic mass is 9.86. The quantitative estimate of drug-likeness (QED) is 0.384. The van der Waals surface area contributed by atoms with Gasteiger partial charge in [-0.25, -0.2) is 27.5 Å². The summed E-state index contributed by atoms with van der Waals surface area (Å²) in [4.78, 5) is 39.8. The van der Waals surface area contributed by atoms with Crippen LogP contribution in [0.3, 0.4) is 0 Å². The van der Waals surface area contributed by atoms with Crippen LogP contribution >= 0.6 is 0 Å². The summed E-state index contributed by atoms with van der Waals surface area (Å²) in [5.74, 6) is -6.67. The Kier molecular flexibility index (Phi) is 8.85. The van der Waals surface area contributed by atoms with E-state index in [9.17, 15) is 18.4 Å². The Hall–Kier alpha value is -3.88. The van der Waals surface area contributed by atoms with Gasteiger partial charge < -0.3 is 19.8 Å². The van der Waals surface area contributed by atoms with Gasteiger partial charge in [-0.1, -0.05) is 0 Å². The Bertz CT molecular complexity index is 1470. The third-order valence-corrected chi connectivity index (χ3v) is 7.48. The summed E-state index contributed by atoms with van der Waals surface area (Å²) in [6.45, 7) is 4.22. The highest BCUT2D eigenvalue weighted by Gasteiger charge is 2.46. The lowest BCUT2D eigenvalue weighted by Gasteiger charge is -2.40. The minimum atomic E-state index is -3.04. The fraction of sp³-hybridized carbons (Fsp3) is 0.429. The molecule has 4 heterocycles. The van der Waals surface area contributed by atoms with E-state index in [1.165, 1.54) is 18.5 Å². The van der Waals surface area contributed by atoms with Crippen LogP contribution in [0.1, 0.15) is 30.4 Å². The van der Waals surface area contributed by atoms with Gasteiger partial charge in [0.15, 0.2) is 17.4 Å². The van der Waals surface area contributed by atoms with Crippen molar-refractivity contribution < 1.29 is 31.8 Å². The van der Waals surface area contributed by atoms with Crippen molar-refractivity contribution in [2.24, 2.45) is 0 Å². The molecule has 10 nitrogen and oxygen atoms in total. The number of piperidine rings is 1. The van der Waals surface area contributed by atoms with Crippen LogP contribution in [0, 0.1) is 11.6 Å². The maximum Gasteiger partial charge on any atom is 0.257 e. The molecule has 2 aromatic heterocycles. The number of morpholine rings is 1. The highest BCUT2D eigenvalue weighted by atomic mass is 19.3. The highest BCUT2D eigenvalue weighted by molar-refractivity contribution is 5.93. The molecule has 2 fully saturated rings. The van der Waals surface area contributed by atoms with E-state index in [1.807, 2.05) is 4.90 Å². The van der Waals surface area contributed by atoms with Crippen LogP contribution in [0.4, 0.5) is 23.4 Å². The van der Waals surface area contributed by atoms with Gasteiger partial charge in [-0.15, -0.1) is 0 Å². The first-order valence-corrected chi connectivity index (χ1v) is 13.5. The van der Waals surface area contributed by atoms with Crippen molar-refractivity contribution in [1.82, 2.24) is 24.8 Å². The van der Waals surface area contributed by atoms with Crippen LogP contribution in [0.5, 0.6) is 11.6 Å². The number of H-pyrrole nitrogens is 1. The molecule has 0 aliphatic carbocycles. The van der Waals surface area contributed by atoms with E-state index in [2.05, 4.69) is 20.3 Å². The molecule has 1 amide bonds. The second-order valence-corrected chi connectivity index (χ2v) is 10.3. The summed E-state index contributed by atoms with van der Waals surface area (Å²) in [5.41, 5.74) is 0.384. The molecule has 0 radical (unpaired) electrons. The molecule has 0 unspecified atom stereocenters. The number of pyridine rings is 1. The number of nitrogens with one attached hydrogen (secondary N) is 2. The Morgan fingerprint density at radius 2 is 1.98 bits per heavy atom. The molecule has 224 valence electrons. The number of aromatic amines is 1. The number of amides is 1. The van der Waals surface area contributed by atoms with Crippen LogP contribution in [0.15, 0.2) is 47.7 Å². The number of alkyl halides is 2. The summed E-state index contributed by atoms with van der Waals surface area (Å²) in [7, 11) is 0. The molecule has 2 N–H and O–H groups in total. The zero-order chi connectivity index (χ0) is 29.9. The van der Waals surface area contributed by atoms with E-state index in [4.69, 9.17) is 9.47 Å². The van der Waals surface area contributed by atoms with Gasteiger partial charge in [-0.3, -0.25) is 19.4 Å². The molecule has 5 rings (SSSR count). The number of benzene rings is 1. The smallest absolute Gasteiger partial charge is 0.257 e. The number of likely N-dealkylation sites (tertiary alicyclic amines) is 1. The zero-order valence-electron chi connectivity index (χ0n) is 22.8. The van der Waals surface area contributed by atoms with Crippen molar-refractivity contribution in [3.05, 3.63) is 76.0 Å². The van der Waals surface area contributed by atoms with Gasteiger partial charge in [0.1, 0.15) is 5.82 Å². The molecule has 0 spiro atoms. The third-order valence-electron chi connectivity index (χ3n) is 7.48. The van der Waals surface area contributed by atoms with E-state index < -0.39 is 41.8 Å². The van der Waals surface area contributed by atoms with Crippen molar-refractivity contribution in [2.45, 2.75) is 37.8 Å². The number of halogens is 4. The SMILES string of the molecule is C[C@@H](C(=O)Nc1cnc(Oc2ccc(F)cc2F)cn1)N1CCC(F)(F)[C@@H](c2c[nH]c(=O)c(CN3CCOCC3)c2)C1. The van der Waals surface area contributed by atoms with Crippen LogP contribution < -0.4 is 15.6 Å². The molecule has 2 atom stereocenters.